The minimum atomic E-state index is -0.312. The molecule has 0 radical (unpaired) electrons. The van der Waals surface area contributed by atoms with E-state index in [0.29, 0.717) is 6.61 Å². The number of hydrogen-bond acceptors (Lipinski definition) is 5. The second kappa shape index (κ2) is 8.54. The predicted octanol–water partition coefficient (Wildman–Crippen LogP) is 4.37. The number of benzene rings is 3. The number of amides is 1. The second-order valence-electron chi connectivity index (χ2n) is 10.3. The van der Waals surface area contributed by atoms with Crippen LogP contribution >= 0.6 is 0 Å². The van der Waals surface area contributed by atoms with Crippen LogP contribution in [0.25, 0.3) is 0 Å². The average molecular weight is 467 g/mol. The molecule has 3 aliphatic rings. The van der Waals surface area contributed by atoms with Crippen molar-refractivity contribution >= 4 is 17.4 Å². The lowest BCUT2D eigenvalue weighted by atomic mass is 9.74. The van der Waals surface area contributed by atoms with E-state index in [1.54, 1.807) is 0 Å². The van der Waals surface area contributed by atoms with Gasteiger partial charge in [-0.3, -0.25) is 9.69 Å². The van der Waals surface area contributed by atoms with Crippen LogP contribution in [0.4, 0.5) is 5.69 Å². The van der Waals surface area contributed by atoms with E-state index in [9.17, 15) is 4.79 Å². The molecule has 0 unspecified atom stereocenters. The number of hydrogen-bond donors (Lipinski definition) is 1. The molecule has 1 fully saturated rings. The van der Waals surface area contributed by atoms with Crippen LogP contribution in [0, 0.1) is 5.41 Å². The Morgan fingerprint density at radius 1 is 1.03 bits per heavy atom. The normalized spacial score (nSPS) is 20.8. The molecular weight excluding hydrogens is 436 g/mol. The van der Waals surface area contributed by atoms with Crippen molar-refractivity contribution in [3.8, 4) is 5.75 Å². The van der Waals surface area contributed by atoms with Gasteiger partial charge in [-0.1, -0.05) is 73.7 Å². The average Bonchev–Trinajstić information content (AvgIpc) is 2.86. The van der Waals surface area contributed by atoms with Gasteiger partial charge in [-0.15, -0.1) is 0 Å². The molecular formula is C29H30N4O2. The van der Waals surface area contributed by atoms with Crippen molar-refractivity contribution < 1.29 is 9.53 Å². The summed E-state index contributed by atoms with van der Waals surface area (Å²) in [6, 6.07) is 27.9. The molecule has 3 aliphatic heterocycles. The van der Waals surface area contributed by atoms with E-state index in [0.717, 1.165) is 36.8 Å². The van der Waals surface area contributed by atoms with Crippen LogP contribution in [0.15, 0.2) is 84.0 Å². The van der Waals surface area contributed by atoms with Gasteiger partial charge in [-0.25, -0.2) is 5.43 Å². The number of hydrazone groups is 1. The Morgan fingerprint density at radius 2 is 1.69 bits per heavy atom. The van der Waals surface area contributed by atoms with Gasteiger partial charge in [0.15, 0.2) is 5.84 Å². The summed E-state index contributed by atoms with van der Waals surface area (Å²) in [4.78, 5) is 16.8. The van der Waals surface area contributed by atoms with Gasteiger partial charge in [0.05, 0.1) is 11.7 Å². The molecule has 1 amide bonds. The van der Waals surface area contributed by atoms with Crippen LogP contribution in [0.2, 0.25) is 0 Å². The summed E-state index contributed by atoms with van der Waals surface area (Å²) in [6.07, 6.45) is 0.966. The van der Waals surface area contributed by atoms with Gasteiger partial charge in [-0.05, 0) is 47.6 Å². The summed E-state index contributed by atoms with van der Waals surface area (Å²) >= 11 is 0. The lowest BCUT2D eigenvalue weighted by molar-refractivity contribution is -0.122. The highest BCUT2D eigenvalue weighted by Crippen LogP contribution is 2.43. The Bertz CT molecular complexity index is 1230. The number of likely N-dealkylation sites (tertiary alicyclic amines) is 1. The van der Waals surface area contributed by atoms with E-state index in [2.05, 4.69) is 95.1 Å². The Kier molecular flexibility index (Phi) is 5.33. The number of anilines is 1. The maximum atomic E-state index is 12.3. The first kappa shape index (κ1) is 21.9. The van der Waals surface area contributed by atoms with Gasteiger partial charge in [-0.2, -0.15) is 5.10 Å². The summed E-state index contributed by atoms with van der Waals surface area (Å²) < 4.78 is 5.92. The Balaban J connectivity index is 1.23. The van der Waals surface area contributed by atoms with Crippen molar-refractivity contribution in [3.63, 3.8) is 0 Å². The monoisotopic (exact) mass is 466 g/mol. The summed E-state index contributed by atoms with van der Waals surface area (Å²) in [5, 5.41) is 4.21. The molecule has 6 heteroatoms. The first-order valence-corrected chi connectivity index (χ1v) is 12.3. The number of nitrogens with one attached hydrogen (secondary N) is 1. The molecule has 0 saturated carbocycles. The number of carbonyl (C=O) groups excluding carboxylic acids is 1. The zero-order valence-electron chi connectivity index (χ0n) is 20.1. The third-order valence-corrected chi connectivity index (χ3v) is 7.38. The Hall–Kier alpha value is -3.64. The smallest absolute Gasteiger partial charge is 0.262 e. The largest absolute Gasteiger partial charge is 0.483 e. The number of amidine groups is 1. The molecule has 35 heavy (non-hydrogen) atoms. The standard InChI is InChI=1S/C29H30N4O2/c1-20-28(34)31-30-26-17-35-25-14-13-21(15-24(25)33(20)26)16-29(2)18-32(19-29)27(22-9-5-3-6-10-22)23-11-7-4-8-12-23/h3-15,20,27H,16-19H2,1-2H3,(H,31,34)/t20-/m1/s1. The number of rotatable bonds is 5. The molecule has 3 aromatic rings. The van der Waals surface area contributed by atoms with Crippen molar-refractivity contribution in [2.75, 3.05) is 24.6 Å². The maximum Gasteiger partial charge on any atom is 0.262 e. The fourth-order valence-corrected chi connectivity index (χ4v) is 5.79. The molecule has 0 aromatic heterocycles. The van der Waals surface area contributed by atoms with Crippen molar-refractivity contribution in [2.24, 2.45) is 10.5 Å². The molecule has 1 N–H and O–H groups in total. The molecule has 0 spiro atoms. The summed E-state index contributed by atoms with van der Waals surface area (Å²) in [6.45, 7) is 6.68. The SMILES string of the molecule is C[C@@H]1C(=O)NN=C2COc3ccc(CC4(C)CN(C(c5ccccc5)c5ccccc5)C4)cc3N21. The molecule has 0 aliphatic carbocycles. The first-order chi connectivity index (χ1) is 17.0. The minimum absolute atomic E-state index is 0.0959. The van der Waals surface area contributed by atoms with Gasteiger partial charge >= 0.3 is 0 Å². The highest BCUT2D eigenvalue weighted by molar-refractivity contribution is 6.09. The zero-order chi connectivity index (χ0) is 24.0. The Morgan fingerprint density at radius 3 is 2.34 bits per heavy atom. The van der Waals surface area contributed by atoms with E-state index in [1.807, 2.05) is 17.9 Å². The van der Waals surface area contributed by atoms with Crippen LogP contribution in [0.1, 0.15) is 36.6 Å². The molecule has 1 saturated heterocycles. The number of nitrogens with zero attached hydrogens (tertiary/aromatic N) is 3. The van der Waals surface area contributed by atoms with Gasteiger partial charge in [0.2, 0.25) is 0 Å². The fourth-order valence-electron chi connectivity index (χ4n) is 5.79. The molecule has 0 bridgehead atoms. The highest BCUT2D eigenvalue weighted by atomic mass is 16.5. The Labute approximate surface area is 206 Å². The number of ether oxygens (including phenoxy) is 1. The third kappa shape index (κ3) is 3.98. The molecule has 3 aromatic carbocycles. The van der Waals surface area contributed by atoms with Gasteiger partial charge in [0, 0.05) is 13.1 Å². The van der Waals surface area contributed by atoms with Crippen molar-refractivity contribution in [3.05, 3.63) is 95.6 Å². The lowest BCUT2D eigenvalue weighted by Crippen LogP contribution is -2.57. The van der Waals surface area contributed by atoms with E-state index in [4.69, 9.17) is 4.74 Å². The van der Waals surface area contributed by atoms with Crippen molar-refractivity contribution in [1.82, 2.24) is 10.3 Å². The molecule has 178 valence electrons. The number of fused-ring (bicyclic) bond motifs is 3. The quantitative estimate of drug-likeness (QED) is 0.607. The van der Waals surface area contributed by atoms with Crippen molar-refractivity contribution in [1.29, 1.82) is 0 Å². The topological polar surface area (TPSA) is 57.2 Å². The van der Waals surface area contributed by atoms with E-state index < -0.39 is 0 Å². The summed E-state index contributed by atoms with van der Waals surface area (Å²) in [5.41, 5.74) is 7.62. The zero-order valence-corrected chi connectivity index (χ0v) is 20.1. The van der Waals surface area contributed by atoms with Gasteiger partial charge in [0.1, 0.15) is 18.4 Å². The molecule has 6 nitrogen and oxygen atoms in total. The summed E-state index contributed by atoms with van der Waals surface area (Å²) in [5.74, 6) is 1.46. The molecule has 6 rings (SSSR count). The molecule has 3 heterocycles. The summed E-state index contributed by atoms with van der Waals surface area (Å²) in [7, 11) is 0. The third-order valence-electron chi connectivity index (χ3n) is 7.38. The number of carbonyl (C=O) groups is 1. The van der Waals surface area contributed by atoms with Crippen LogP contribution in [-0.4, -0.2) is 42.4 Å². The van der Waals surface area contributed by atoms with Crippen LogP contribution in [0.5, 0.6) is 5.75 Å². The predicted molar refractivity (Wildman–Crippen MR) is 138 cm³/mol. The van der Waals surface area contributed by atoms with E-state index >= 15 is 0 Å². The molecule has 1 atom stereocenters. The fraction of sp³-hybridized carbons (Fsp3) is 0.310. The van der Waals surface area contributed by atoms with E-state index in [1.165, 1.54) is 16.7 Å². The van der Waals surface area contributed by atoms with Gasteiger partial charge < -0.3 is 9.64 Å². The highest BCUT2D eigenvalue weighted by Gasteiger charge is 2.43. The minimum Gasteiger partial charge on any atom is -0.483 e. The maximum absolute atomic E-state index is 12.3. The van der Waals surface area contributed by atoms with Crippen LogP contribution in [-0.2, 0) is 11.2 Å². The second-order valence-corrected chi connectivity index (χ2v) is 10.3. The first-order valence-electron chi connectivity index (χ1n) is 12.3. The van der Waals surface area contributed by atoms with Gasteiger partial charge in [0.25, 0.3) is 5.91 Å². The van der Waals surface area contributed by atoms with Crippen molar-refractivity contribution in [2.45, 2.75) is 32.4 Å². The van der Waals surface area contributed by atoms with E-state index in [-0.39, 0.29) is 23.4 Å². The lowest BCUT2D eigenvalue weighted by Gasteiger charge is -2.52. The van der Waals surface area contributed by atoms with Crippen LogP contribution in [0.3, 0.4) is 0 Å². The van der Waals surface area contributed by atoms with Crippen LogP contribution < -0.4 is 15.1 Å².